The summed E-state index contributed by atoms with van der Waals surface area (Å²) in [5, 5.41) is 8.92. The Morgan fingerprint density at radius 1 is 1.00 bits per heavy atom. The molecule has 0 spiro atoms. The van der Waals surface area contributed by atoms with Crippen LogP contribution in [0.15, 0.2) is 0 Å². The first-order valence-electron chi connectivity index (χ1n) is 8.78. The molecule has 1 saturated heterocycles. The van der Waals surface area contributed by atoms with Crippen molar-refractivity contribution in [3.8, 4) is 0 Å². The third kappa shape index (κ3) is 4.97. The number of hydrogen-bond donors (Lipinski definition) is 1. The lowest BCUT2D eigenvalue weighted by Crippen LogP contribution is -2.39. The number of hydrogen-bond acceptors (Lipinski definition) is 3. The first-order valence-corrected chi connectivity index (χ1v) is 8.78. The highest BCUT2D eigenvalue weighted by Gasteiger charge is 2.28. The Bertz CT molecular complexity index is 378. The molecule has 1 aliphatic carbocycles. The lowest BCUT2D eigenvalue weighted by atomic mass is 9.98. The van der Waals surface area contributed by atoms with Crippen molar-refractivity contribution in [1.82, 2.24) is 9.80 Å². The minimum atomic E-state index is -0.780. The molecule has 1 saturated carbocycles. The van der Waals surface area contributed by atoms with Gasteiger partial charge in [0.05, 0.1) is 6.54 Å². The van der Waals surface area contributed by atoms with E-state index in [2.05, 4.69) is 0 Å². The smallest absolute Gasteiger partial charge is 0.317 e. The van der Waals surface area contributed by atoms with Gasteiger partial charge in [-0.1, -0.05) is 25.7 Å². The Morgan fingerprint density at radius 3 is 2.32 bits per heavy atom. The molecule has 1 amide bonds. The normalized spacial score (nSPS) is 24.8. The molecule has 1 atom stereocenters. The van der Waals surface area contributed by atoms with Crippen molar-refractivity contribution in [2.45, 2.75) is 63.8 Å². The minimum absolute atomic E-state index is 0.0846. The van der Waals surface area contributed by atoms with Gasteiger partial charge in [0, 0.05) is 25.0 Å². The average Bonchev–Trinajstić information content (AvgIpc) is 2.88. The molecule has 126 valence electrons. The van der Waals surface area contributed by atoms with E-state index in [0.717, 1.165) is 45.2 Å². The van der Waals surface area contributed by atoms with Crippen molar-refractivity contribution in [2.24, 2.45) is 5.92 Å². The van der Waals surface area contributed by atoms with Crippen molar-refractivity contribution in [3.63, 3.8) is 0 Å². The summed E-state index contributed by atoms with van der Waals surface area (Å²) in [6.45, 7) is 1.71. The van der Waals surface area contributed by atoms with Gasteiger partial charge in [0.2, 0.25) is 5.91 Å². The third-order valence-electron chi connectivity index (χ3n) is 5.22. The van der Waals surface area contributed by atoms with E-state index in [-0.39, 0.29) is 18.5 Å². The predicted molar refractivity (Wildman–Crippen MR) is 85.7 cm³/mol. The molecule has 0 aromatic carbocycles. The third-order valence-corrected chi connectivity index (χ3v) is 5.22. The maximum Gasteiger partial charge on any atom is 0.317 e. The number of carbonyl (C=O) groups is 2. The van der Waals surface area contributed by atoms with Gasteiger partial charge in [-0.05, 0) is 39.2 Å². The van der Waals surface area contributed by atoms with Gasteiger partial charge in [-0.15, -0.1) is 0 Å². The van der Waals surface area contributed by atoms with Gasteiger partial charge >= 0.3 is 5.97 Å². The second-order valence-electron chi connectivity index (χ2n) is 6.91. The van der Waals surface area contributed by atoms with Gasteiger partial charge in [-0.2, -0.15) is 0 Å². The number of carboxylic acids is 1. The molecule has 0 aromatic heterocycles. The van der Waals surface area contributed by atoms with Crippen molar-refractivity contribution < 1.29 is 14.7 Å². The summed E-state index contributed by atoms with van der Waals surface area (Å²) in [6, 6.07) is 0.281. The zero-order valence-corrected chi connectivity index (χ0v) is 13.8. The summed E-state index contributed by atoms with van der Waals surface area (Å²) in [6.07, 6.45) is 9.88. The monoisotopic (exact) mass is 310 g/mol. The van der Waals surface area contributed by atoms with Gasteiger partial charge in [0.15, 0.2) is 0 Å². The van der Waals surface area contributed by atoms with Gasteiger partial charge in [0.1, 0.15) is 0 Å². The van der Waals surface area contributed by atoms with Gasteiger partial charge in [-0.3, -0.25) is 14.5 Å². The van der Waals surface area contributed by atoms with Crippen LogP contribution in [0.5, 0.6) is 0 Å². The van der Waals surface area contributed by atoms with Gasteiger partial charge in [-0.25, -0.2) is 0 Å². The molecule has 5 nitrogen and oxygen atoms in total. The van der Waals surface area contributed by atoms with E-state index in [4.69, 9.17) is 5.11 Å². The Kier molecular flexibility index (Phi) is 6.68. The summed E-state index contributed by atoms with van der Waals surface area (Å²) in [4.78, 5) is 27.5. The van der Waals surface area contributed by atoms with Crippen LogP contribution in [0, 0.1) is 5.92 Å². The number of carboxylic acid groups (broad SMARTS) is 1. The molecule has 1 unspecified atom stereocenters. The number of aliphatic carboxylic acids is 1. The molecule has 2 rings (SSSR count). The van der Waals surface area contributed by atoms with E-state index in [1.165, 1.54) is 25.7 Å². The van der Waals surface area contributed by atoms with Crippen LogP contribution in [0.4, 0.5) is 0 Å². The molecule has 1 N–H and O–H groups in total. The highest BCUT2D eigenvalue weighted by Crippen LogP contribution is 2.26. The molecule has 0 bridgehead atoms. The Hall–Kier alpha value is -1.10. The Labute approximate surface area is 133 Å². The van der Waals surface area contributed by atoms with Crippen LogP contribution in [-0.4, -0.2) is 59.5 Å². The van der Waals surface area contributed by atoms with Crippen LogP contribution in [-0.2, 0) is 9.59 Å². The fourth-order valence-electron chi connectivity index (χ4n) is 3.87. The number of amides is 1. The van der Waals surface area contributed by atoms with Crippen molar-refractivity contribution in [2.75, 3.05) is 26.7 Å². The Morgan fingerprint density at radius 2 is 1.68 bits per heavy atom. The summed E-state index contributed by atoms with van der Waals surface area (Å²) in [7, 11) is 1.88. The zero-order valence-electron chi connectivity index (χ0n) is 13.8. The Balaban J connectivity index is 1.86. The zero-order chi connectivity index (χ0) is 15.9. The largest absolute Gasteiger partial charge is 0.480 e. The number of rotatable bonds is 4. The molecule has 1 aliphatic heterocycles. The molecule has 5 heteroatoms. The first kappa shape index (κ1) is 17.3. The van der Waals surface area contributed by atoms with Crippen LogP contribution in [0.2, 0.25) is 0 Å². The second-order valence-corrected chi connectivity index (χ2v) is 6.91. The molecule has 0 aromatic rings. The van der Waals surface area contributed by atoms with Crippen LogP contribution >= 0.6 is 0 Å². The van der Waals surface area contributed by atoms with Crippen LogP contribution in [0.3, 0.4) is 0 Å². The summed E-state index contributed by atoms with van der Waals surface area (Å²) in [5.74, 6) is -0.197. The van der Waals surface area contributed by atoms with E-state index in [0.29, 0.717) is 5.91 Å². The topological polar surface area (TPSA) is 60.9 Å². The van der Waals surface area contributed by atoms with Crippen molar-refractivity contribution >= 4 is 11.9 Å². The average molecular weight is 310 g/mol. The maximum absolute atomic E-state index is 12.7. The highest BCUT2D eigenvalue weighted by molar-refractivity contribution is 5.78. The molecular weight excluding hydrogens is 280 g/mol. The lowest BCUT2D eigenvalue weighted by Gasteiger charge is -2.27. The standard InChI is InChI=1S/C17H30N2O3/c1-18(13-16(20)21)15-9-6-11-19(12-10-15)17(22)14-7-4-2-3-5-8-14/h14-15H,2-13H2,1H3,(H,20,21). The number of nitrogens with zero attached hydrogens (tertiary/aromatic N) is 2. The number of likely N-dealkylation sites (tertiary alicyclic amines) is 1. The van der Waals surface area contributed by atoms with Crippen LogP contribution in [0.1, 0.15) is 57.8 Å². The van der Waals surface area contributed by atoms with Gasteiger partial charge < -0.3 is 10.0 Å². The van der Waals surface area contributed by atoms with E-state index in [1.807, 2.05) is 16.8 Å². The van der Waals surface area contributed by atoms with Crippen molar-refractivity contribution in [3.05, 3.63) is 0 Å². The van der Waals surface area contributed by atoms with Crippen LogP contribution in [0.25, 0.3) is 0 Å². The van der Waals surface area contributed by atoms with E-state index < -0.39 is 5.97 Å². The van der Waals surface area contributed by atoms with Gasteiger partial charge in [0.25, 0.3) is 0 Å². The quantitative estimate of drug-likeness (QED) is 0.810. The van der Waals surface area contributed by atoms with Crippen LogP contribution < -0.4 is 0 Å². The van der Waals surface area contributed by atoms with E-state index in [1.54, 1.807) is 0 Å². The lowest BCUT2D eigenvalue weighted by molar-refractivity contribution is -0.139. The fourth-order valence-corrected chi connectivity index (χ4v) is 3.87. The predicted octanol–water partition coefficient (Wildman–Crippen LogP) is 2.35. The molecular formula is C17H30N2O3. The maximum atomic E-state index is 12.7. The number of likely N-dealkylation sites (N-methyl/N-ethyl adjacent to an activating group) is 1. The minimum Gasteiger partial charge on any atom is -0.480 e. The molecule has 2 aliphatic rings. The van der Waals surface area contributed by atoms with E-state index >= 15 is 0 Å². The SMILES string of the molecule is CN(CC(=O)O)C1CCCN(C(=O)C2CCCCCC2)CC1. The van der Waals surface area contributed by atoms with Crippen molar-refractivity contribution in [1.29, 1.82) is 0 Å². The second kappa shape index (κ2) is 8.51. The summed E-state index contributed by atoms with van der Waals surface area (Å²) >= 11 is 0. The summed E-state index contributed by atoms with van der Waals surface area (Å²) < 4.78 is 0. The first-order chi connectivity index (χ1) is 10.6. The molecule has 0 radical (unpaired) electrons. The fraction of sp³-hybridized carbons (Fsp3) is 0.882. The summed E-state index contributed by atoms with van der Waals surface area (Å²) in [5.41, 5.74) is 0. The highest BCUT2D eigenvalue weighted by atomic mass is 16.4. The number of carbonyl (C=O) groups excluding carboxylic acids is 1. The molecule has 22 heavy (non-hydrogen) atoms. The molecule has 1 heterocycles. The molecule has 2 fully saturated rings. The van der Waals surface area contributed by atoms with E-state index in [9.17, 15) is 9.59 Å².